The summed E-state index contributed by atoms with van der Waals surface area (Å²) in [5.74, 6) is -0.782. The molecule has 0 saturated carbocycles. The molecule has 8 nitrogen and oxygen atoms in total. The fourth-order valence-electron chi connectivity index (χ4n) is 2.80. The van der Waals surface area contributed by atoms with Gasteiger partial charge in [0.05, 0.1) is 13.2 Å². The minimum absolute atomic E-state index is 0.122. The van der Waals surface area contributed by atoms with Gasteiger partial charge in [-0.05, 0) is 24.6 Å². The van der Waals surface area contributed by atoms with Gasteiger partial charge in [-0.1, -0.05) is 12.1 Å². The van der Waals surface area contributed by atoms with Gasteiger partial charge >= 0.3 is 5.97 Å². The van der Waals surface area contributed by atoms with Crippen LogP contribution >= 0.6 is 23.2 Å². The molecule has 10 heteroatoms. The summed E-state index contributed by atoms with van der Waals surface area (Å²) in [4.78, 5) is 38.0. The number of carbonyl (C=O) groups excluding carboxylic acids is 3. The Morgan fingerprint density at radius 1 is 1.07 bits per heavy atom. The van der Waals surface area contributed by atoms with Crippen LogP contribution < -0.4 is 15.5 Å². The van der Waals surface area contributed by atoms with Crippen molar-refractivity contribution >= 4 is 46.7 Å². The van der Waals surface area contributed by atoms with Crippen LogP contribution in [0, 0.1) is 0 Å². The molecular weight excluding hydrogens is 433 g/mol. The molecule has 0 aliphatic carbocycles. The molecule has 0 aliphatic rings. The normalized spacial score (nSPS) is 12.6. The predicted octanol–water partition coefficient (Wildman–Crippen LogP) is 1.06. The Balaban J connectivity index is 2.90. The van der Waals surface area contributed by atoms with E-state index < -0.39 is 30.6 Å². The second-order valence-electron chi connectivity index (χ2n) is 6.48. The lowest BCUT2D eigenvalue weighted by molar-refractivity contribution is -0.148. The monoisotopic (exact) mass is 461 g/mol. The van der Waals surface area contributed by atoms with Crippen LogP contribution in [0.1, 0.15) is 19.4 Å². The minimum atomic E-state index is -1.20. The molecule has 1 aromatic carbocycles. The zero-order valence-electron chi connectivity index (χ0n) is 17.2. The first-order valence-electron chi connectivity index (χ1n) is 9.67. The zero-order chi connectivity index (χ0) is 22.5. The molecule has 0 bridgehead atoms. The van der Waals surface area contributed by atoms with Crippen molar-refractivity contribution < 1.29 is 24.2 Å². The molecule has 1 rings (SSSR count). The van der Waals surface area contributed by atoms with Gasteiger partial charge in [0.25, 0.3) is 0 Å². The summed E-state index contributed by atoms with van der Waals surface area (Å²) in [5, 5.41) is 14.4. The van der Waals surface area contributed by atoms with Gasteiger partial charge in [0.2, 0.25) is 11.8 Å². The number of rotatable bonds is 13. The van der Waals surface area contributed by atoms with E-state index in [2.05, 4.69) is 10.6 Å². The summed E-state index contributed by atoms with van der Waals surface area (Å²) in [6.07, 6.45) is 0.206. The highest BCUT2D eigenvalue weighted by molar-refractivity contribution is 6.18. The molecule has 1 aromatic rings. The van der Waals surface area contributed by atoms with Crippen LogP contribution in [0.3, 0.4) is 0 Å². The first-order chi connectivity index (χ1) is 14.4. The Labute approximate surface area is 186 Å². The van der Waals surface area contributed by atoms with E-state index in [0.717, 1.165) is 11.3 Å². The molecule has 0 radical (unpaired) electrons. The van der Waals surface area contributed by atoms with E-state index in [0.29, 0.717) is 24.8 Å². The third-order valence-electron chi connectivity index (χ3n) is 4.21. The van der Waals surface area contributed by atoms with Gasteiger partial charge in [-0.2, -0.15) is 0 Å². The maximum absolute atomic E-state index is 12.6. The van der Waals surface area contributed by atoms with E-state index in [1.807, 2.05) is 29.2 Å². The summed E-state index contributed by atoms with van der Waals surface area (Å²) in [7, 11) is 0. The van der Waals surface area contributed by atoms with Crippen molar-refractivity contribution in [1.29, 1.82) is 0 Å². The molecule has 0 heterocycles. The number of halogens is 2. The number of hydrogen-bond acceptors (Lipinski definition) is 6. The number of nitrogens with one attached hydrogen (secondary N) is 2. The molecule has 2 amide bonds. The van der Waals surface area contributed by atoms with Crippen molar-refractivity contribution in [2.75, 3.05) is 43.0 Å². The zero-order valence-corrected chi connectivity index (χ0v) is 18.7. The third kappa shape index (κ3) is 8.77. The smallest absolute Gasteiger partial charge is 0.331 e. The van der Waals surface area contributed by atoms with E-state index in [-0.39, 0.29) is 18.9 Å². The Morgan fingerprint density at radius 3 is 2.13 bits per heavy atom. The maximum atomic E-state index is 12.6. The van der Waals surface area contributed by atoms with Crippen LogP contribution in [0.2, 0.25) is 0 Å². The van der Waals surface area contributed by atoms with Crippen molar-refractivity contribution in [3.8, 4) is 0 Å². The lowest BCUT2D eigenvalue weighted by Gasteiger charge is -2.24. The van der Waals surface area contributed by atoms with E-state index >= 15 is 0 Å². The molecule has 3 N–H and O–H groups in total. The average molecular weight is 462 g/mol. The summed E-state index contributed by atoms with van der Waals surface area (Å²) < 4.78 is 4.83. The topological polar surface area (TPSA) is 108 Å². The third-order valence-corrected chi connectivity index (χ3v) is 4.55. The fraction of sp³-hybridized carbons (Fsp3) is 0.550. The quantitative estimate of drug-likeness (QED) is 0.299. The summed E-state index contributed by atoms with van der Waals surface area (Å²) >= 11 is 11.7. The van der Waals surface area contributed by atoms with Crippen LogP contribution in [0.15, 0.2) is 24.3 Å². The highest BCUT2D eigenvalue weighted by Crippen LogP contribution is 2.17. The fourth-order valence-corrected chi connectivity index (χ4v) is 3.21. The highest BCUT2D eigenvalue weighted by Gasteiger charge is 2.26. The van der Waals surface area contributed by atoms with Crippen LogP contribution in [0.5, 0.6) is 0 Å². The second kappa shape index (κ2) is 14.1. The Bertz CT molecular complexity index is 682. The van der Waals surface area contributed by atoms with E-state index in [9.17, 15) is 19.5 Å². The van der Waals surface area contributed by atoms with Gasteiger partial charge < -0.3 is 25.4 Å². The van der Waals surface area contributed by atoms with E-state index in [1.165, 1.54) is 6.92 Å². The number of anilines is 1. The average Bonchev–Trinajstić information content (AvgIpc) is 2.71. The number of benzene rings is 1. The van der Waals surface area contributed by atoms with Gasteiger partial charge in [0.15, 0.2) is 6.04 Å². The number of hydrogen-bond donors (Lipinski definition) is 3. The van der Waals surface area contributed by atoms with Crippen molar-refractivity contribution in [3.05, 3.63) is 29.8 Å². The first kappa shape index (κ1) is 26.0. The molecule has 0 aromatic heterocycles. The van der Waals surface area contributed by atoms with Gasteiger partial charge in [-0.25, -0.2) is 4.79 Å². The SMILES string of the molecule is CCOC(=O)[C@@H](CO)NC(=O)[C@H](Cc1ccc(N(CCCl)CCCl)cc1)NC(C)=O. The minimum Gasteiger partial charge on any atom is -0.464 e. The van der Waals surface area contributed by atoms with Crippen molar-refractivity contribution in [2.45, 2.75) is 32.4 Å². The largest absolute Gasteiger partial charge is 0.464 e. The van der Waals surface area contributed by atoms with Gasteiger partial charge in [0.1, 0.15) is 6.04 Å². The van der Waals surface area contributed by atoms with Crippen LogP contribution in [0.25, 0.3) is 0 Å². The Hall–Kier alpha value is -2.03. The van der Waals surface area contributed by atoms with Crippen LogP contribution in [0.4, 0.5) is 5.69 Å². The number of aliphatic hydroxyl groups excluding tert-OH is 1. The molecule has 2 atom stereocenters. The number of carbonyl (C=O) groups is 3. The van der Waals surface area contributed by atoms with E-state index in [1.54, 1.807) is 6.92 Å². The molecular formula is C20H29Cl2N3O5. The molecule has 0 saturated heterocycles. The molecule has 0 aliphatic heterocycles. The number of amides is 2. The Kier molecular flexibility index (Phi) is 12.2. The predicted molar refractivity (Wildman–Crippen MR) is 117 cm³/mol. The maximum Gasteiger partial charge on any atom is 0.331 e. The number of esters is 1. The molecule has 0 spiro atoms. The molecule has 30 heavy (non-hydrogen) atoms. The summed E-state index contributed by atoms with van der Waals surface area (Å²) in [6.45, 7) is 3.75. The standard InChI is InChI=1S/C20H29Cl2N3O5/c1-3-30-20(29)18(13-26)24-19(28)17(23-14(2)27)12-15-4-6-16(7-5-15)25(10-8-21)11-9-22/h4-7,17-18,26H,3,8-13H2,1-2H3,(H,23,27)(H,24,28)/t17-,18+/m0/s1. The van der Waals surface area contributed by atoms with Crippen molar-refractivity contribution in [3.63, 3.8) is 0 Å². The number of ether oxygens (including phenoxy) is 1. The second-order valence-corrected chi connectivity index (χ2v) is 7.24. The Morgan fingerprint density at radius 2 is 1.67 bits per heavy atom. The van der Waals surface area contributed by atoms with Gasteiger partial charge in [-0.3, -0.25) is 9.59 Å². The van der Waals surface area contributed by atoms with Crippen LogP contribution in [-0.2, 0) is 25.5 Å². The first-order valence-corrected chi connectivity index (χ1v) is 10.7. The van der Waals surface area contributed by atoms with Gasteiger partial charge in [-0.15, -0.1) is 23.2 Å². The molecule has 0 fully saturated rings. The summed E-state index contributed by atoms with van der Waals surface area (Å²) in [6, 6.07) is 5.37. The van der Waals surface area contributed by atoms with E-state index in [4.69, 9.17) is 27.9 Å². The lowest BCUT2D eigenvalue weighted by atomic mass is 10.0. The number of alkyl halides is 2. The molecule has 0 unspecified atom stereocenters. The highest BCUT2D eigenvalue weighted by atomic mass is 35.5. The number of nitrogens with zero attached hydrogens (tertiary/aromatic N) is 1. The lowest BCUT2D eigenvalue weighted by Crippen LogP contribution is -2.53. The molecule has 168 valence electrons. The number of aliphatic hydroxyl groups is 1. The summed E-state index contributed by atoms with van der Waals surface area (Å²) in [5.41, 5.74) is 1.75. The van der Waals surface area contributed by atoms with Crippen LogP contribution in [-0.4, -0.2) is 73.0 Å². The van der Waals surface area contributed by atoms with Gasteiger partial charge in [0, 0.05) is 43.9 Å². The van der Waals surface area contributed by atoms with Crippen molar-refractivity contribution in [1.82, 2.24) is 10.6 Å². The van der Waals surface area contributed by atoms with Crippen molar-refractivity contribution in [2.24, 2.45) is 0 Å².